The maximum absolute atomic E-state index is 13.3. The Morgan fingerprint density at radius 3 is 2.20 bits per heavy atom. The number of amides is 1. The molecule has 0 unspecified atom stereocenters. The van der Waals surface area contributed by atoms with Crippen LogP contribution in [0.15, 0.2) is 66.7 Å². The zero-order chi connectivity index (χ0) is 20.3. The second-order valence-corrected chi connectivity index (χ2v) is 7.86. The molecule has 1 N–H and O–H groups in total. The molecule has 1 amide bonds. The van der Waals surface area contributed by atoms with Gasteiger partial charge in [0.25, 0.3) is 5.91 Å². The van der Waals surface area contributed by atoms with Gasteiger partial charge in [-0.2, -0.15) is 0 Å². The molecule has 1 saturated carbocycles. The number of hydrogen-bond donors (Lipinski definition) is 1. The number of aromatic nitrogens is 2. The fraction of sp³-hybridized carbons (Fsp3) is 0.292. The predicted octanol–water partition coefficient (Wildman–Crippen LogP) is 3.68. The molecule has 0 atom stereocenters. The second kappa shape index (κ2) is 8.14. The summed E-state index contributed by atoms with van der Waals surface area (Å²) in [6.45, 7) is 3.01. The number of piperazine rings is 1. The Hall–Kier alpha value is -3.41. The molecular formula is C24H25N5O. The normalized spacial score (nSPS) is 16.4. The number of hydrogen-bond acceptors (Lipinski definition) is 5. The number of rotatable bonds is 5. The van der Waals surface area contributed by atoms with Crippen LogP contribution in [-0.2, 0) is 0 Å². The third-order valence-corrected chi connectivity index (χ3v) is 5.59. The topological polar surface area (TPSA) is 61.4 Å². The first-order valence-electron chi connectivity index (χ1n) is 10.6. The van der Waals surface area contributed by atoms with Crippen molar-refractivity contribution >= 4 is 17.4 Å². The summed E-state index contributed by atoms with van der Waals surface area (Å²) >= 11 is 0. The molecule has 152 valence electrons. The molecule has 1 aliphatic heterocycles. The van der Waals surface area contributed by atoms with Crippen LogP contribution < -0.4 is 10.2 Å². The maximum Gasteiger partial charge on any atom is 0.272 e. The third kappa shape index (κ3) is 4.13. The molecular weight excluding hydrogens is 374 g/mol. The van der Waals surface area contributed by atoms with Crippen LogP contribution in [-0.4, -0.2) is 53.0 Å². The molecule has 0 bridgehead atoms. The smallest absolute Gasteiger partial charge is 0.272 e. The molecule has 2 aromatic carbocycles. The first kappa shape index (κ1) is 18.6. The van der Waals surface area contributed by atoms with Crippen molar-refractivity contribution in [2.24, 2.45) is 0 Å². The average Bonchev–Trinajstić information content (AvgIpc) is 3.64. The first-order valence-corrected chi connectivity index (χ1v) is 10.6. The SMILES string of the molecule is O=C(c1cc(NC2CC2)nc(-c2ccccc2)n1)N1CCN(c2ccccc2)CC1. The highest BCUT2D eigenvalue weighted by Crippen LogP contribution is 2.26. The summed E-state index contributed by atoms with van der Waals surface area (Å²) in [5.41, 5.74) is 2.58. The van der Waals surface area contributed by atoms with Crippen LogP contribution in [0.1, 0.15) is 23.3 Å². The molecule has 2 fully saturated rings. The zero-order valence-corrected chi connectivity index (χ0v) is 16.9. The van der Waals surface area contributed by atoms with Gasteiger partial charge in [-0.1, -0.05) is 48.5 Å². The third-order valence-electron chi connectivity index (χ3n) is 5.59. The van der Waals surface area contributed by atoms with Gasteiger partial charge in [-0.25, -0.2) is 9.97 Å². The Morgan fingerprint density at radius 1 is 0.867 bits per heavy atom. The fourth-order valence-corrected chi connectivity index (χ4v) is 3.75. The largest absolute Gasteiger partial charge is 0.368 e. The molecule has 2 heterocycles. The number of nitrogens with zero attached hydrogens (tertiary/aromatic N) is 4. The van der Waals surface area contributed by atoms with E-state index in [2.05, 4.69) is 32.3 Å². The van der Waals surface area contributed by atoms with Crippen molar-refractivity contribution in [3.8, 4) is 11.4 Å². The molecule has 6 heteroatoms. The summed E-state index contributed by atoms with van der Waals surface area (Å²) in [5.74, 6) is 1.30. The van der Waals surface area contributed by atoms with Crippen molar-refractivity contribution in [2.45, 2.75) is 18.9 Å². The monoisotopic (exact) mass is 399 g/mol. The summed E-state index contributed by atoms with van der Waals surface area (Å²) in [6, 6.07) is 22.5. The van der Waals surface area contributed by atoms with E-state index in [0.29, 0.717) is 30.6 Å². The van der Waals surface area contributed by atoms with E-state index in [9.17, 15) is 4.79 Å². The van der Waals surface area contributed by atoms with Gasteiger partial charge in [-0.05, 0) is 25.0 Å². The van der Waals surface area contributed by atoms with E-state index < -0.39 is 0 Å². The highest BCUT2D eigenvalue weighted by molar-refractivity contribution is 5.93. The van der Waals surface area contributed by atoms with Gasteiger partial charge in [0.2, 0.25) is 0 Å². The highest BCUT2D eigenvalue weighted by Gasteiger charge is 2.26. The zero-order valence-electron chi connectivity index (χ0n) is 16.9. The van der Waals surface area contributed by atoms with Crippen LogP contribution >= 0.6 is 0 Å². The molecule has 1 aliphatic carbocycles. The van der Waals surface area contributed by atoms with Gasteiger partial charge in [0.1, 0.15) is 11.5 Å². The lowest BCUT2D eigenvalue weighted by atomic mass is 10.2. The van der Waals surface area contributed by atoms with Crippen molar-refractivity contribution in [2.75, 3.05) is 36.4 Å². The van der Waals surface area contributed by atoms with Crippen LogP contribution in [0.3, 0.4) is 0 Å². The summed E-state index contributed by atoms with van der Waals surface area (Å²) in [6.07, 6.45) is 2.30. The summed E-state index contributed by atoms with van der Waals surface area (Å²) in [4.78, 5) is 26.8. The van der Waals surface area contributed by atoms with Gasteiger partial charge in [0, 0.05) is 49.5 Å². The van der Waals surface area contributed by atoms with Crippen molar-refractivity contribution in [3.63, 3.8) is 0 Å². The van der Waals surface area contributed by atoms with Gasteiger partial charge >= 0.3 is 0 Å². The van der Waals surface area contributed by atoms with Crippen LogP contribution in [0.4, 0.5) is 11.5 Å². The Bertz CT molecular complexity index is 1010. The van der Waals surface area contributed by atoms with Gasteiger partial charge in [0.15, 0.2) is 5.82 Å². The minimum absolute atomic E-state index is 0.0267. The quantitative estimate of drug-likeness (QED) is 0.709. The van der Waals surface area contributed by atoms with E-state index in [-0.39, 0.29) is 5.91 Å². The van der Waals surface area contributed by atoms with Gasteiger partial charge < -0.3 is 15.1 Å². The van der Waals surface area contributed by atoms with E-state index in [1.165, 1.54) is 5.69 Å². The molecule has 0 radical (unpaired) electrons. The summed E-state index contributed by atoms with van der Waals surface area (Å²) in [5, 5.41) is 3.42. The number of nitrogens with one attached hydrogen (secondary N) is 1. The van der Waals surface area contributed by atoms with Gasteiger partial charge in [0.05, 0.1) is 0 Å². The average molecular weight is 399 g/mol. The summed E-state index contributed by atoms with van der Waals surface area (Å²) < 4.78 is 0. The van der Waals surface area contributed by atoms with Crippen molar-refractivity contribution in [1.82, 2.24) is 14.9 Å². The number of para-hydroxylation sites is 1. The van der Waals surface area contributed by atoms with E-state index in [0.717, 1.165) is 37.3 Å². The van der Waals surface area contributed by atoms with Crippen LogP contribution in [0, 0.1) is 0 Å². The Labute approximate surface area is 176 Å². The number of benzene rings is 2. The molecule has 30 heavy (non-hydrogen) atoms. The van der Waals surface area contributed by atoms with Crippen molar-refractivity contribution < 1.29 is 4.79 Å². The molecule has 1 saturated heterocycles. The fourth-order valence-electron chi connectivity index (χ4n) is 3.75. The molecule has 6 nitrogen and oxygen atoms in total. The second-order valence-electron chi connectivity index (χ2n) is 7.86. The molecule has 1 aromatic heterocycles. The van der Waals surface area contributed by atoms with Crippen molar-refractivity contribution in [3.05, 3.63) is 72.4 Å². The molecule has 5 rings (SSSR count). The minimum atomic E-state index is -0.0267. The van der Waals surface area contributed by atoms with Crippen molar-refractivity contribution in [1.29, 1.82) is 0 Å². The Kier molecular flexibility index (Phi) is 5.05. The first-order chi connectivity index (χ1) is 14.8. The van der Waals surface area contributed by atoms with Gasteiger partial charge in [-0.3, -0.25) is 4.79 Å². The number of carbonyl (C=O) groups excluding carboxylic acids is 1. The van der Waals surface area contributed by atoms with Gasteiger partial charge in [-0.15, -0.1) is 0 Å². The van der Waals surface area contributed by atoms with Crippen LogP contribution in [0.2, 0.25) is 0 Å². The number of anilines is 2. The Balaban J connectivity index is 1.36. The standard InChI is InChI=1S/C24H25N5O/c30-24(29-15-13-28(14-16-29)20-9-5-2-6-10-20)21-17-22(25-19-11-12-19)27-23(26-21)18-7-3-1-4-8-18/h1-10,17,19H,11-16H2,(H,25,26,27). The van der Waals surface area contributed by atoms with E-state index in [1.807, 2.05) is 53.4 Å². The lowest BCUT2D eigenvalue weighted by molar-refractivity contribution is 0.0741. The molecule has 2 aliphatic rings. The lowest BCUT2D eigenvalue weighted by Gasteiger charge is -2.36. The van der Waals surface area contributed by atoms with Crippen LogP contribution in [0.5, 0.6) is 0 Å². The van der Waals surface area contributed by atoms with Crippen LogP contribution in [0.25, 0.3) is 11.4 Å². The maximum atomic E-state index is 13.3. The molecule has 0 spiro atoms. The van der Waals surface area contributed by atoms with E-state index in [4.69, 9.17) is 0 Å². The van der Waals surface area contributed by atoms with E-state index >= 15 is 0 Å². The minimum Gasteiger partial charge on any atom is -0.368 e. The predicted molar refractivity (Wildman–Crippen MR) is 119 cm³/mol. The lowest BCUT2D eigenvalue weighted by Crippen LogP contribution is -2.49. The molecule has 3 aromatic rings. The number of carbonyl (C=O) groups is 1. The summed E-state index contributed by atoms with van der Waals surface area (Å²) in [7, 11) is 0. The Morgan fingerprint density at radius 2 is 1.53 bits per heavy atom. The van der Waals surface area contributed by atoms with E-state index in [1.54, 1.807) is 6.07 Å². The highest BCUT2D eigenvalue weighted by atomic mass is 16.2.